The van der Waals surface area contributed by atoms with Gasteiger partial charge in [-0.3, -0.25) is 0 Å². The van der Waals surface area contributed by atoms with Gasteiger partial charge in [-0.05, 0) is 18.1 Å². The van der Waals surface area contributed by atoms with Crippen LogP contribution in [0.4, 0.5) is 8.78 Å². The van der Waals surface area contributed by atoms with Crippen LogP contribution in [0.15, 0.2) is 12.1 Å². The molecule has 0 aliphatic heterocycles. The van der Waals surface area contributed by atoms with E-state index in [1.54, 1.807) is 0 Å². The first-order valence-corrected chi connectivity index (χ1v) is 5.25. The van der Waals surface area contributed by atoms with Crippen molar-refractivity contribution < 1.29 is 8.78 Å². The van der Waals surface area contributed by atoms with E-state index in [0.29, 0.717) is 0 Å². The van der Waals surface area contributed by atoms with E-state index in [1.165, 1.54) is 0 Å². The molecule has 2 atom stereocenters. The molecule has 0 saturated heterocycles. The molecule has 15 heavy (non-hydrogen) atoms. The van der Waals surface area contributed by atoms with Crippen molar-refractivity contribution in [3.05, 3.63) is 34.4 Å². The Balaban J connectivity index is 3.09. The summed E-state index contributed by atoms with van der Waals surface area (Å²) in [5.41, 5.74) is 6.01. The Bertz CT molecular complexity index is 355. The van der Waals surface area contributed by atoms with Crippen LogP contribution in [0.2, 0.25) is 5.02 Å². The zero-order chi connectivity index (χ0) is 11.6. The van der Waals surface area contributed by atoms with Gasteiger partial charge in [-0.25, -0.2) is 8.78 Å². The summed E-state index contributed by atoms with van der Waals surface area (Å²) in [5, 5.41) is -0.215. The van der Waals surface area contributed by atoms with Crippen LogP contribution in [0.3, 0.4) is 0 Å². The molecule has 0 radical (unpaired) electrons. The molecule has 0 amide bonds. The second-order valence-electron chi connectivity index (χ2n) is 3.70. The molecule has 1 nitrogen and oxygen atoms in total. The van der Waals surface area contributed by atoms with Crippen molar-refractivity contribution in [1.29, 1.82) is 0 Å². The zero-order valence-electron chi connectivity index (χ0n) is 8.73. The van der Waals surface area contributed by atoms with Crippen LogP contribution >= 0.6 is 11.6 Å². The van der Waals surface area contributed by atoms with Crippen molar-refractivity contribution in [1.82, 2.24) is 0 Å². The fraction of sp³-hybridized carbons (Fsp3) is 0.455. The van der Waals surface area contributed by atoms with Crippen LogP contribution in [0.1, 0.15) is 31.9 Å². The summed E-state index contributed by atoms with van der Waals surface area (Å²) in [6.45, 7) is 3.85. The number of hydrogen-bond acceptors (Lipinski definition) is 1. The van der Waals surface area contributed by atoms with Crippen molar-refractivity contribution in [3.63, 3.8) is 0 Å². The predicted molar refractivity (Wildman–Crippen MR) is 57.8 cm³/mol. The summed E-state index contributed by atoms with van der Waals surface area (Å²) in [6.07, 6.45) is 0.810. The summed E-state index contributed by atoms with van der Waals surface area (Å²) >= 11 is 5.45. The molecule has 1 rings (SSSR count). The SMILES string of the molecule is CCC(C)C(N)c1cc(F)c(Cl)cc1F. The van der Waals surface area contributed by atoms with Gasteiger partial charge in [0.2, 0.25) is 0 Å². The van der Waals surface area contributed by atoms with Crippen molar-refractivity contribution in [2.45, 2.75) is 26.3 Å². The molecule has 0 spiro atoms. The fourth-order valence-corrected chi connectivity index (χ4v) is 1.50. The van der Waals surface area contributed by atoms with Crippen LogP contribution in [0.5, 0.6) is 0 Å². The molecule has 0 saturated carbocycles. The average molecular weight is 234 g/mol. The zero-order valence-corrected chi connectivity index (χ0v) is 9.48. The van der Waals surface area contributed by atoms with E-state index in [0.717, 1.165) is 18.6 Å². The van der Waals surface area contributed by atoms with Crippen LogP contribution in [0, 0.1) is 17.6 Å². The van der Waals surface area contributed by atoms with Crippen molar-refractivity contribution >= 4 is 11.6 Å². The van der Waals surface area contributed by atoms with Crippen LogP contribution in [-0.4, -0.2) is 0 Å². The summed E-state index contributed by atoms with van der Waals surface area (Å²) < 4.78 is 26.6. The van der Waals surface area contributed by atoms with Gasteiger partial charge in [0.05, 0.1) is 5.02 Å². The van der Waals surface area contributed by atoms with Crippen LogP contribution < -0.4 is 5.73 Å². The Hall–Kier alpha value is -0.670. The second kappa shape index (κ2) is 4.90. The first-order valence-electron chi connectivity index (χ1n) is 4.87. The molecular formula is C11H14ClF2N. The Morgan fingerprint density at radius 3 is 2.47 bits per heavy atom. The van der Waals surface area contributed by atoms with E-state index in [4.69, 9.17) is 17.3 Å². The molecule has 0 bridgehead atoms. The van der Waals surface area contributed by atoms with Crippen LogP contribution in [-0.2, 0) is 0 Å². The molecule has 2 N–H and O–H groups in total. The fourth-order valence-electron chi connectivity index (χ4n) is 1.35. The highest BCUT2D eigenvalue weighted by atomic mass is 35.5. The summed E-state index contributed by atoms with van der Waals surface area (Å²) in [7, 11) is 0. The number of rotatable bonds is 3. The van der Waals surface area contributed by atoms with Gasteiger partial charge in [-0.1, -0.05) is 31.9 Å². The van der Waals surface area contributed by atoms with E-state index in [1.807, 2.05) is 13.8 Å². The highest BCUT2D eigenvalue weighted by Gasteiger charge is 2.19. The average Bonchev–Trinajstić information content (AvgIpc) is 2.21. The largest absolute Gasteiger partial charge is 0.324 e. The Kier molecular flexibility index (Phi) is 4.05. The molecule has 1 aromatic rings. The molecule has 0 fully saturated rings. The maximum absolute atomic E-state index is 13.4. The lowest BCUT2D eigenvalue weighted by Gasteiger charge is -2.19. The molecule has 4 heteroatoms. The van der Waals surface area contributed by atoms with Gasteiger partial charge in [0, 0.05) is 11.6 Å². The lowest BCUT2D eigenvalue weighted by molar-refractivity contribution is 0.436. The molecule has 0 heterocycles. The third kappa shape index (κ3) is 2.67. The minimum atomic E-state index is -0.633. The first-order chi connectivity index (χ1) is 6.97. The quantitative estimate of drug-likeness (QED) is 0.793. The number of hydrogen-bond donors (Lipinski definition) is 1. The molecule has 0 aromatic heterocycles. The van der Waals surface area contributed by atoms with E-state index in [9.17, 15) is 8.78 Å². The summed E-state index contributed by atoms with van der Waals surface area (Å²) in [4.78, 5) is 0. The number of nitrogens with two attached hydrogens (primary N) is 1. The van der Waals surface area contributed by atoms with Gasteiger partial charge in [0.15, 0.2) is 0 Å². The minimum absolute atomic E-state index is 0.0973. The number of halogens is 3. The molecule has 0 aliphatic rings. The second-order valence-corrected chi connectivity index (χ2v) is 4.11. The van der Waals surface area contributed by atoms with Gasteiger partial charge >= 0.3 is 0 Å². The Labute approximate surface area is 93.2 Å². The molecule has 2 unspecified atom stereocenters. The maximum atomic E-state index is 13.4. The van der Waals surface area contributed by atoms with Gasteiger partial charge in [-0.15, -0.1) is 0 Å². The number of benzene rings is 1. The van der Waals surface area contributed by atoms with E-state index >= 15 is 0 Å². The Morgan fingerprint density at radius 2 is 1.93 bits per heavy atom. The third-order valence-corrected chi connectivity index (χ3v) is 2.95. The van der Waals surface area contributed by atoms with E-state index in [2.05, 4.69) is 0 Å². The van der Waals surface area contributed by atoms with E-state index in [-0.39, 0.29) is 16.5 Å². The maximum Gasteiger partial charge on any atom is 0.142 e. The lowest BCUT2D eigenvalue weighted by atomic mass is 9.93. The lowest BCUT2D eigenvalue weighted by Crippen LogP contribution is -2.20. The van der Waals surface area contributed by atoms with Crippen molar-refractivity contribution in [3.8, 4) is 0 Å². The first kappa shape index (κ1) is 12.4. The van der Waals surface area contributed by atoms with Gasteiger partial charge in [0.25, 0.3) is 0 Å². The Morgan fingerprint density at radius 1 is 1.33 bits per heavy atom. The van der Waals surface area contributed by atoms with Crippen LogP contribution in [0.25, 0.3) is 0 Å². The highest BCUT2D eigenvalue weighted by molar-refractivity contribution is 6.30. The summed E-state index contributed by atoms with van der Waals surface area (Å²) in [5.74, 6) is -1.08. The summed E-state index contributed by atoms with van der Waals surface area (Å²) in [6, 6.07) is 1.55. The predicted octanol–water partition coefficient (Wildman–Crippen LogP) is 3.66. The van der Waals surface area contributed by atoms with Gasteiger partial charge in [-0.2, -0.15) is 0 Å². The highest BCUT2D eigenvalue weighted by Crippen LogP contribution is 2.27. The van der Waals surface area contributed by atoms with Gasteiger partial charge in [0.1, 0.15) is 11.6 Å². The molecule has 0 aliphatic carbocycles. The van der Waals surface area contributed by atoms with Crippen molar-refractivity contribution in [2.24, 2.45) is 11.7 Å². The topological polar surface area (TPSA) is 26.0 Å². The monoisotopic (exact) mass is 233 g/mol. The normalized spacial score (nSPS) is 15.1. The molecule has 1 aromatic carbocycles. The van der Waals surface area contributed by atoms with E-state index < -0.39 is 17.7 Å². The van der Waals surface area contributed by atoms with Gasteiger partial charge < -0.3 is 5.73 Å². The van der Waals surface area contributed by atoms with Crippen molar-refractivity contribution in [2.75, 3.05) is 0 Å². The third-order valence-electron chi connectivity index (χ3n) is 2.66. The minimum Gasteiger partial charge on any atom is -0.324 e. The smallest absolute Gasteiger partial charge is 0.142 e. The molecule has 84 valence electrons. The standard InChI is InChI=1S/C11H14ClF2N/c1-3-6(2)11(15)7-4-10(14)8(12)5-9(7)13/h4-6,11H,3,15H2,1-2H3. The molecular weight excluding hydrogens is 220 g/mol.